The lowest BCUT2D eigenvalue weighted by atomic mass is 10.3. The number of nitrogens with zero attached hydrogens (tertiary/aromatic N) is 1. The lowest BCUT2D eigenvalue weighted by molar-refractivity contribution is -0.114. The van der Waals surface area contributed by atoms with Crippen LogP contribution < -0.4 is 14.4 Å². The molecule has 0 aliphatic carbocycles. The SMILES string of the molecule is O=C(CN(c1ccc(Br)cc1)S(=O)(=O)c1ccccc1)Nc1ccc(Oc2ccccc2)cc1. The van der Waals surface area contributed by atoms with E-state index in [4.69, 9.17) is 4.74 Å². The average Bonchev–Trinajstić information content (AvgIpc) is 2.85. The number of para-hydroxylation sites is 1. The molecule has 0 unspecified atom stereocenters. The number of carbonyl (C=O) groups is 1. The molecule has 6 nitrogen and oxygen atoms in total. The van der Waals surface area contributed by atoms with Crippen molar-refractivity contribution in [3.05, 3.63) is 114 Å². The Bertz CT molecular complexity index is 1350. The van der Waals surface area contributed by atoms with Crippen molar-refractivity contribution >= 4 is 43.2 Å². The van der Waals surface area contributed by atoms with Crippen molar-refractivity contribution in [1.29, 1.82) is 0 Å². The van der Waals surface area contributed by atoms with Crippen LogP contribution >= 0.6 is 15.9 Å². The predicted octanol–water partition coefficient (Wildman–Crippen LogP) is 6.08. The first kappa shape index (κ1) is 23.5. The van der Waals surface area contributed by atoms with Gasteiger partial charge in [-0.3, -0.25) is 9.10 Å². The van der Waals surface area contributed by atoms with E-state index in [9.17, 15) is 13.2 Å². The maximum atomic E-state index is 13.3. The first-order valence-corrected chi connectivity index (χ1v) is 12.6. The maximum Gasteiger partial charge on any atom is 0.264 e. The third kappa shape index (κ3) is 5.84. The van der Waals surface area contributed by atoms with Gasteiger partial charge in [-0.1, -0.05) is 52.3 Å². The lowest BCUT2D eigenvalue weighted by Crippen LogP contribution is -2.38. The van der Waals surface area contributed by atoms with E-state index in [-0.39, 0.29) is 11.4 Å². The Kier molecular flexibility index (Phi) is 7.30. The highest BCUT2D eigenvalue weighted by molar-refractivity contribution is 9.10. The first-order chi connectivity index (χ1) is 16.4. The molecule has 1 amide bonds. The lowest BCUT2D eigenvalue weighted by Gasteiger charge is -2.24. The minimum absolute atomic E-state index is 0.105. The van der Waals surface area contributed by atoms with Crippen molar-refractivity contribution in [2.75, 3.05) is 16.2 Å². The average molecular weight is 537 g/mol. The van der Waals surface area contributed by atoms with Crippen molar-refractivity contribution < 1.29 is 17.9 Å². The van der Waals surface area contributed by atoms with Gasteiger partial charge in [0.05, 0.1) is 10.6 Å². The molecular weight excluding hydrogens is 516 g/mol. The highest BCUT2D eigenvalue weighted by atomic mass is 79.9. The van der Waals surface area contributed by atoms with Crippen LogP contribution in [-0.4, -0.2) is 20.9 Å². The van der Waals surface area contributed by atoms with E-state index in [1.165, 1.54) is 12.1 Å². The van der Waals surface area contributed by atoms with Crippen LogP contribution in [0.15, 0.2) is 119 Å². The fourth-order valence-corrected chi connectivity index (χ4v) is 4.91. The van der Waals surface area contributed by atoms with Gasteiger partial charge in [0.2, 0.25) is 5.91 Å². The minimum atomic E-state index is -3.96. The van der Waals surface area contributed by atoms with Crippen LogP contribution in [0.5, 0.6) is 11.5 Å². The van der Waals surface area contributed by atoms with Gasteiger partial charge in [-0.15, -0.1) is 0 Å². The van der Waals surface area contributed by atoms with Crippen LogP contribution in [0, 0.1) is 0 Å². The number of nitrogens with one attached hydrogen (secondary N) is 1. The highest BCUT2D eigenvalue weighted by Gasteiger charge is 2.27. The largest absolute Gasteiger partial charge is 0.457 e. The number of hydrogen-bond acceptors (Lipinski definition) is 4. The molecule has 0 aliphatic rings. The van der Waals surface area contributed by atoms with Gasteiger partial charge in [-0.2, -0.15) is 0 Å². The van der Waals surface area contributed by atoms with Gasteiger partial charge in [0.1, 0.15) is 18.0 Å². The van der Waals surface area contributed by atoms with Crippen molar-refractivity contribution in [1.82, 2.24) is 0 Å². The normalized spacial score (nSPS) is 11.0. The standard InChI is InChI=1S/C26H21BrN2O4S/c27-20-11-15-22(16-12-20)29(34(31,32)25-9-5-2-6-10-25)19-26(30)28-21-13-17-24(18-14-21)33-23-7-3-1-4-8-23/h1-18H,19H2,(H,28,30). The Morgan fingerprint density at radius 2 is 1.32 bits per heavy atom. The Labute approximate surface area is 207 Å². The number of hydrogen-bond donors (Lipinski definition) is 1. The maximum absolute atomic E-state index is 13.3. The number of carbonyl (C=O) groups excluding carboxylic acids is 1. The van der Waals surface area contributed by atoms with Crippen LogP contribution in [0.2, 0.25) is 0 Å². The summed E-state index contributed by atoms with van der Waals surface area (Å²) in [5, 5.41) is 2.76. The van der Waals surface area contributed by atoms with Crippen LogP contribution in [0.3, 0.4) is 0 Å². The first-order valence-electron chi connectivity index (χ1n) is 10.4. The quantitative estimate of drug-likeness (QED) is 0.296. The Morgan fingerprint density at radius 3 is 1.94 bits per heavy atom. The number of benzene rings is 4. The summed E-state index contributed by atoms with van der Waals surface area (Å²) in [7, 11) is -3.96. The molecule has 0 fully saturated rings. The van der Waals surface area contributed by atoms with Gasteiger partial charge in [0.15, 0.2) is 0 Å². The monoisotopic (exact) mass is 536 g/mol. The zero-order chi connectivity index (χ0) is 24.0. The number of ether oxygens (including phenoxy) is 1. The molecule has 0 bridgehead atoms. The summed E-state index contributed by atoms with van der Waals surface area (Å²) >= 11 is 3.35. The summed E-state index contributed by atoms with van der Waals surface area (Å²) in [4.78, 5) is 13.0. The molecule has 0 saturated heterocycles. The van der Waals surface area contributed by atoms with E-state index in [0.717, 1.165) is 8.78 Å². The molecular formula is C26H21BrN2O4S. The molecule has 8 heteroatoms. The van der Waals surface area contributed by atoms with Gasteiger partial charge < -0.3 is 10.1 Å². The number of amides is 1. The summed E-state index contributed by atoms with van der Waals surface area (Å²) in [5.74, 6) is 0.849. The topological polar surface area (TPSA) is 75.7 Å². The van der Waals surface area contributed by atoms with Gasteiger partial charge in [0.25, 0.3) is 10.0 Å². The molecule has 4 aromatic carbocycles. The molecule has 4 rings (SSSR count). The molecule has 0 aromatic heterocycles. The number of sulfonamides is 1. The number of rotatable bonds is 8. The number of halogens is 1. The van der Waals surface area contributed by atoms with Crippen molar-refractivity contribution in [2.24, 2.45) is 0 Å². The third-order valence-corrected chi connectivity index (χ3v) is 7.17. The van der Waals surface area contributed by atoms with E-state index in [0.29, 0.717) is 22.9 Å². The second-order valence-electron chi connectivity index (χ2n) is 7.29. The minimum Gasteiger partial charge on any atom is -0.457 e. The predicted molar refractivity (Wildman–Crippen MR) is 137 cm³/mol. The molecule has 0 saturated carbocycles. The fourth-order valence-electron chi connectivity index (χ4n) is 3.20. The van der Waals surface area contributed by atoms with Gasteiger partial charge >= 0.3 is 0 Å². The van der Waals surface area contributed by atoms with Crippen LogP contribution in [0.1, 0.15) is 0 Å². The fraction of sp³-hybridized carbons (Fsp3) is 0.0385. The van der Waals surface area contributed by atoms with Crippen molar-refractivity contribution in [2.45, 2.75) is 4.90 Å². The summed E-state index contributed by atoms with van der Waals surface area (Å²) in [6, 6.07) is 31.0. The Balaban J connectivity index is 1.51. The second-order valence-corrected chi connectivity index (χ2v) is 10.1. The number of anilines is 2. The second kappa shape index (κ2) is 10.5. The van der Waals surface area contributed by atoms with E-state index in [1.807, 2.05) is 30.3 Å². The molecule has 0 spiro atoms. The molecule has 0 radical (unpaired) electrons. The Hall–Kier alpha value is -3.62. The molecule has 4 aromatic rings. The zero-order valence-electron chi connectivity index (χ0n) is 18.0. The third-order valence-electron chi connectivity index (χ3n) is 4.85. The molecule has 0 heterocycles. The Morgan fingerprint density at radius 1 is 0.765 bits per heavy atom. The van der Waals surface area contributed by atoms with Crippen molar-refractivity contribution in [3.63, 3.8) is 0 Å². The van der Waals surface area contributed by atoms with E-state index in [1.54, 1.807) is 66.7 Å². The van der Waals surface area contributed by atoms with Gasteiger partial charge in [0, 0.05) is 10.2 Å². The van der Waals surface area contributed by atoms with E-state index in [2.05, 4.69) is 21.2 Å². The van der Waals surface area contributed by atoms with Crippen LogP contribution in [0.4, 0.5) is 11.4 Å². The smallest absolute Gasteiger partial charge is 0.264 e. The summed E-state index contributed by atoms with van der Waals surface area (Å²) in [6.45, 7) is -0.388. The molecule has 1 N–H and O–H groups in total. The molecule has 0 atom stereocenters. The molecule has 0 aliphatic heterocycles. The zero-order valence-corrected chi connectivity index (χ0v) is 20.4. The molecule has 34 heavy (non-hydrogen) atoms. The van der Waals surface area contributed by atoms with E-state index < -0.39 is 15.9 Å². The summed E-state index contributed by atoms with van der Waals surface area (Å²) in [5.41, 5.74) is 0.909. The summed E-state index contributed by atoms with van der Waals surface area (Å²) in [6.07, 6.45) is 0. The highest BCUT2D eigenvalue weighted by Crippen LogP contribution is 2.26. The van der Waals surface area contributed by atoms with Gasteiger partial charge in [-0.05, 0) is 72.8 Å². The molecule has 172 valence electrons. The van der Waals surface area contributed by atoms with E-state index >= 15 is 0 Å². The van der Waals surface area contributed by atoms with Crippen molar-refractivity contribution in [3.8, 4) is 11.5 Å². The van der Waals surface area contributed by atoms with Gasteiger partial charge in [-0.25, -0.2) is 8.42 Å². The summed E-state index contributed by atoms with van der Waals surface area (Å²) < 4.78 is 34.3. The van der Waals surface area contributed by atoms with Crippen LogP contribution in [0.25, 0.3) is 0 Å². The van der Waals surface area contributed by atoms with Crippen LogP contribution in [-0.2, 0) is 14.8 Å².